The molecule has 0 radical (unpaired) electrons. The molecular formula is C32H20BrNO2S4. The smallest absolute Gasteiger partial charge is 0.161 e. The maximum atomic E-state index is 11.5. The van der Waals surface area contributed by atoms with Gasteiger partial charge in [0.15, 0.2) is 12.6 Å². The number of carbonyl (C=O) groups is 2. The molecule has 8 heteroatoms. The number of rotatable bonds is 9. The van der Waals surface area contributed by atoms with Crippen LogP contribution in [0.3, 0.4) is 0 Å². The lowest BCUT2D eigenvalue weighted by Crippen LogP contribution is -2.09. The molecule has 0 aliphatic carbocycles. The maximum absolute atomic E-state index is 11.5. The van der Waals surface area contributed by atoms with Crippen molar-refractivity contribution in [1.82, 2.24) is 0 Å². The van der Waals surface area contributed by atoms with Crippen LogP contribution in [0.2, 0.25) is 0 Å². The molecule has 0 aliphatic rings. The number of aldehydes is 2. The van der Waals surface area contributed by atoms with E-state index in [-0.39, 0.29) is 0 Å². The van der Waals surface area contributed by atoms with Gasteiger partial charge in [0.05, 0.1) is 9.75 Å². The van der Waals surface area contributed by atoms with E-state index in [4.69, 9.17) is 0 Å². The zero-order chi connectivity index (χ0) is 27.6. The van der Waals surface area contributed by atoms with Crippen LogP contribution in [0.5, 0.6) is 0 Å². The predicted octanol–water partition coefficient (Wildman–Crippen LogP) is 11.5. The number of thiophene rings is 3. The summed E-state index contributed by atoms with van der Waals surface area (Å²) in [5.41, 5.74) is 5.34. The molecule has 3 aromatic heterocycles. The van der Waals surface area contributed by atoms with Crippen molar-refractivity contribution in [3.05, 3.63) is 117 Å². The summed E-state index contributed by atoms with van der Waals surface area (Å²) in [6.45, 7) is 3.78. The van der Waals surface area contributed by atoms with Crippen LogP contribution < -0.4 is 4.90 Å². The highest BCUT2D eigenvalue weighted by Crippen LogP contribution is 2.41. The fourth-order valence-electron chi connectivity index (χ4n) is 4.44. The van der Waals surface area contributed by atoms with Crippen molar-refractivity contribution in [1.29, 1.82) is 0 Å². The fraction of sp³-hybridized carbons (Fsp3) is 0. The van der Waals surface area contributed by atoms with Gasteiger partial charge in [-0.05, 0) is 83.3 Å². The van der Waals surface area contributed by atoms with E-state index >= 15 is 0 Å². The molecule has 0 bridgehead atoms. The summed E-state index contributed by atoms with van der Waals surface area (Å²) in [6, 6.07) is 31.5. The molecule has 3 aromatic carbocycles. The summed E-state index contributed by atoms with van der Waals surface area (Å²) in [6.07, 6.45) is 1.83. The second-order valence-electron chi connectivity index (χ2n) is 8.75. The average Bonchev–Trinajstić information content (AvgIpc) is 3.69. The van der Waals surface area contributed by atoms with Crippen molar-refractivity contribution in [2.24, 2.45) is 0 Å². The number of fused-ring (bicyclic) bond motifs is 1. The molecule has 40 heavy (non-hydrogen) atoms. The van der Waals surface area contributed by atoms with Gasteiger partial charge in [-0.2, -0.15) is 0 Å². The van der Waals surface area contributed by atoms with E-state index in [0.29, 0.717) is 0 Å². The molecule has 0 aliphatic heterocycles. The van der Waals surface area contributed by atoms with Crippen molar-refractivity contribution in [2.75, 3.05) is 4.90 Å². The van der Waals surface area contributed by atoms with Gasteiger partial charge >= 0.3 is 0 Å². The minimum absolute atomic E-state index is 0.718. The molecule has 3 nitrogen and oxygen atoms in total. The highest BCUT2D eigenvalue weighted by Gasteiger charge is 2.15. The molecule has 0 amide bonds. The predicted molar refractivity (Wildman–Crippen MR) is 178 cm³/mol. The highest BCUT2D eigenvalue weighted by molar-refractivity contribution is 9.10. The van der Waals surface area contributed by atoms with Gasteiger partial charge in [-0.15, -0.1) is 34.0 Å². The Balaban J connectivity index is 1.34. The van der Waals surface area contributed by atoms with E-state index in [2.05, 4.69) is 100 Å². The molecular weight excluding hydrogens is 639 g/mol. The lowest BCUT2D eigenvalue weighted by molar-refractivity contribution is 0.111. The summed E-state index contributed by atoms with van der Waals surface area (Å²) >= 11 is 9.75. The molecule has 6 aromatic rings. The van der Waals surface area contributed by atoms with Gasteiger partial charge in [-0.1, -0.05) is 58.5 Å². The zero-order valence-corrected chi connectivity index (χ0v) is 25.7. The Bertz CT molecular complexity index is 1800. The van der Waals surface area contributed by atoms with Gasteiger partial charge in [0, 0.05) is 45.6 Å². The first-order valence-electron chi connectivity index (χ1n) is 12.2. The Hall–Kier alpha value is -3.27. The Morgan fingerprint density at radius 1 is 0.675 bits per heavy atom. The number of thioether (sulfide) groups is 1. The molecule has 0 fully saturated rings. The van der Waals surface area contributed by atoms with Gasteiger partial charge in [0.1, 0.15) is 0 Å². The molecule has 0 saturated carbocycles. The van der Waals surface area contributed by atoms with Gasteiger partial charge in [-0.3, -0.25) is 9.59 Å². The highest BCUT2D eigenvalue weighted by atomic mass is 79.9. The third kappa shape index (κ3) is 5.38. The molecule has 0 saturated heterocycles. The van der Waals surface area contributed by atoms with Gasteiger partial charge in [-0.25, -0.2) is 0 Å². The first-order valence-corrected chi connectivity index (χ1v) is 16.3. The van der Waals surface area contributed by atoms with Crippen molar-refractivity contribution in [3.8, 4) is 20.9 Å². The van der Waals surface area contributed by atoms with E-state index in [9.17, 15) is 9.59 Å². The zero-order valence-electron chi connectivity index (χ0n) is 20.9. The third-order valence-corrected chi connectivity index (χ3v) is 11.1. The molecule has 3 heterocycles. The lowest BCUT2D eigenvalue weighted by Gasteiger charge is -2.26. The van der Waals surface area contributed by atoms with Crippen molar-refractivity contribution in [3.63, 3.8) is 0 Å². The van der Waals surface area contributed by atoms with Crippen molar-refractivity contribution < 1.29 is 9.59 Å². The van der Waals surface area contributed by atoms with Crippen LogP contribution in [0.1, 0.15) is 19.3 Å². The first-order chi connectivity index (χ1) is 19.6. The van der Waals surface area contributed by atoms with Crippen molar-refractivity contribution in [2.45, 2.75) is 4.90 Å². The minimum atomic E-state index is 0.718. The van der Waals surface area contributed by atoms with E-state index in [1.54, 1.807) is 16.7 Å². The Morgan fingerprint density at radius 3 is 1.75 bits per heavy atom. The molecule has 0 spiro atoms. The molecule has 196 valence electrons. The van der Waals surface area contributed by atoms with E-state index in [1.165, 1.54) is 39.3 Å². The quantitative estimate of drug-likeness (QED) is 0.114. The van der Waals surface area contributed by atoms with E-state index < -0.39 is 0 Å². The normalized spacial score (nSPS) is 11.0. The van der Waals surface area contributed by atoms with Crippen LogP contribution >= 0.6 is 61.7 Å². The van der Waals surface area contributed by atoms with E-state index in [1.807, 2.05) is 18.2 Å². The summed E-state index contributed by atoms with van der Waals surface area (Å²) < 4.78 is 3.31. The number of hydrogen-bond acceptors (Lipinski definition) is 7. The fourth-order valence-corrected chi connectivity index (χ4v) is 8.68. The number of nitrogens with zero attached hydrogens (tertiary/aromatic N) is 1. The molecule has 0 unspecified atom stereocenters. The van der Waals surface area contributed by atoms with Crippen molar-refractivity contribution >= 4 is 101 Å². The van der Waals surface area contributed by atoms with E-state index in [0.717, 1.165) is 74.2 Å². The van der Waals surface area contributed by atoms with Gasteiger partial charge in [0.25, 0.3) is 0 Å². The van der Waals surface area contributed by atoms with Gasteiger partial charge in [0.2, 0.25) is 0 Å². The molecule has 6 rings (SSSR count). The summed E-state index contributed by atoms with van der Waals surface area (Å²) in [4.78, 5) is 29.5. The average molecular weight is 659 g/mol. The largest absolute Gasteiger partial charge is 0.311 e. The lowest BCUT2D eigenvalue weighted by atomic mass is 10.1. The Morgan fingerprint density at radius 2 is 1.23 bits per heavy atom. The van der Waals surface area contributed by atoms with Crippen LogP contribution in [-0.2, 0) is 0 Å². The maximum Gasteiger partial charge on any atom is 0.161 e. The minimum Gasteiger partial charge on any atom is -0.311 e. The topological polar surface area (TPSA) is 37.4 Å². The van der Waals surface area contributed by atoms with Crippen LogP contribution in [0.25, 0.3) is 30.3 Å². The number of carbonyl (C=O) groups excluding carboxylic acids is 2. The summed E-state index contributed by atoms with van der Waals surface area (Å²) in [5, 5.41) is 1.74. The molecule has 0 atom stereocenters. The number of halogens is 1. The number of benzene rings is 3. The van der Waals surface area contributed by atoms with Crippen LogP contribution in [0, 0.1) is 0 Å². The van der Waals surface area contributed by atoms with Gasteiger partial charge < -0.3 is 4.90 Å². The number of hydrogen-bond donors (Lipinski definition) is 0. The van der Waals surface area contributed by atoms with Crippen LogP contribution in [-0.4, -0.2) is 12.6 Å². The monoisotopic (exact) mass is 657 g/mol. The SMILES string of the molecule is C=CSc1cc(-c2ccc(N(c3ccc(Br)cc3)c3ccc(-c4cc5sc(C=O)cc5s4)cc3)cc2)sc1C=O. The second kappa shape index (κ2) is 11.7. The first kappa shape index (κ1) is 26.9. The summed E-state index contributed by atoms with van der Waals surface area (Å²) in [5.74, 6) is 0. The Kier molecular flexibility index (Phi) is 7.87. The molecule has 0 N–H and O–H groups in total. The number of anilines is 3. The second-order valence-corrected chi connectivity index (χ2v) is 14.0. The standard InChI is InChI=1S/C32H20BrNO2S4/c1-2-37-29-16-27(40-32(29)19-36)20-3-9-23(10-4-20)34(25-13-7-22(33)8-14-25)24-11-5-21(6-12-24)28-17-31-30(39-28)15-26(18-35)38-31/h2-19H,1H2. The third-order valence-electron chi connectivity index (χ3n) is 6.29. The Labute approximate surface area is 256 Å². The van der Waals surface area contributed by atoms with Crippen LogP contribution in [0.4, 0.5) is 17.1 Å². The summed E-state index contributed by atoms with van der Waals surface area (Å²) in [7, 11) is 0. The van der Waals surface area contributed by atoms with Crippen LogP contribution in [0.15, 0.2) is 112 Å².